The fourth-order valence-electron chi connectivity index (χ4n) is 2.61. The minimum Gasteiger partial charge on any atom is -0.313 e. The van der Waals surface area contributed by atoms with E-state index in [1.807, 2.05) is 0 Å². The third-order valence-corrected chi connectivity index (χ3v) is 3.89. The molecular formula is C17H34N2. The maximum absolute atomic E-state index is 7.21. The standard InChI is InChI=1S/C17H34N2/c1-2-3-4-5-6-7-8-9-10-12-17(14-16-19)13-11-15-18/h15-19H,2-14H2,1H3. The Hall–Kier alpha value is -0.660. The van der Waals surface area contributed by atoms with Crippen LogP contribution >= 0.6 is 0 Å². The number of hydrogen-bond donors (Lipinski definition) is 2. The van der Waals surface area contributed by atoms with Gasteiger partial charge in [-0.1, -0.05) is 71.1 Å². The third kappa shape index (κ3) is 13.6. The highest BCUT2D eigenvalue weighted by atomic mass is 14.3. The fourth-order valence-corrected chi connectivity index (χ4v) is 2.61. The fraction of sp³-hybridized carbons (Fsp3) is 0.882. The molecule has 2 N–H and O–H groups in total. The van der Waals surface area contributed by atoms with Gasteiger partial charge in [0.25, 0.3) is 0 Å². The number of hydrogen-bond acceptors (Lipinski definition) is 2. The molecule has 19 heavy (non-hydrogen) atoms. The molecule has 2 heteroatoms. The summed E-state index contributed by atoms with van der Waals surface area (Å²) in [5.41, 5.74) is 0. The molecule has 0 heterocycles. The number of rotatable bonds is 15. The SMILES string of the molecule is CCCCCCCCCCCC(CC=N)CCC=N. The molecule has 0 saturated heterocycles. The molecule has 1 atom stereocenters. The van der Waals surface area contributed by atoms with E-state index < -0.39 is 0 Å². The largest absolute Gasteiger partial charge is 0.313 e. The van der Waals surface area contributed by atoms with Crippen molar-refractivity contribution in [2.45, 2.75) is 90.4 Å². The van der Waals surface area contributed by atoms with Crippen LogP contribution in [0.1, 0.15) is 90.4 Å². The van der Waals surface area contributed by atoms with Gasteiger partial charge in [0.15, 0.2) is 0 Å². The van der Waals surface area contributed by atoms with E-state index in [1.54, 1.807) is 6.21 Å². The zero-order valence-electron chi connectivity index (χ0n) is 12.9. The van der Waals surface area contributed by atoms with Gasteiger partial charge < -0.3 is 10.8 Å². The van der Waals surface area contributed by atoms with Crippen molar-refractivity contribution in [1.82, 2.24) is 0 Å². The van der Waals surface area contributed by atoms with E-state index in [2.05, 4.69) is 6.92 Å². The van der Waals surface area contributed by atoms with Gasteiger partial charge in [0, 0.05) is 0 Å². The maximum atomic E-state index is 7.21. The van der Waals surface area contributed by atoms with Gasteiger partial charge in [0.1, 0.15) is 0 Å². The molecule has 0 fully saturated rings. The lowest BCUT2D eigenvalue weighted by molar-refractivity contribution is 0.443. The van der Waals surface area contributed by atoms with Crippen molar-refractivity contribution in [3.8, 4) is 0 Å². The molecule has 0 aromatic rings. The van der Waals surface area contributed by atoms with Crippen molar-refractivity contribution in [1.29, 1.82) is 10.8 Å². The molecule has 0 spiro atoms. The summed E-state index contributed by atoms with van der Waals surface area (Å²) in [6.07, 6.45) is 19.6. The molecule has 0 rings (SSSR count). The summed E-state index contributed by atoms with van der Waals surface area (Å²) in [5, 5.41) is 14.3. The highest BCUT2D eigenvalue weighted by Crippen LogP contribution is 2.19. The highest BCUT2D eigenvalue weighted by Gasteiger charge is 2.06. The summed E-state index contributed by atoms with van der Waals surface area (Å²) in [6, 6.07) is 0. The van der Waals surface area contributed by atoms with Crippen molar-refractivity contribution in [2.24, 2.45) is 5.92 Å². The molecule has 2 nitrogen and oxygen atoms in total. The minimum absolute atomic E-state index is 0.642. The van der Waals surface area contributed by atoms with Crippen LogP contribution < -0.4 is 0 Å². The predicted molar refractivity (Wildman–Crippen MR) is 86.8 cm³/mol. The van der Waals surface area contributed by atoms with Crippen LogP contribution in [0, 0.1) is 16.7 Å². The predicted octanol–water partition coefficient (Wildman–Crippen LogP) is 5.99. The second kappa shape index (κ2) is 15.4. The second-order valence-electron chi connectivity index (χ2n) is 5.70. The molecule has 112 valence electrons. The highest BCUT2D eigenvalue weighted by molar-refractivity contribution is 5.54. The van der Waals surface area contributed by atoms with Crippen molar-refractivity contribution < 1.29 is 0 Å². The molecular weight excluding hydrogens is 232 g/mol. The molecule has 0 bridgehead atoms. The van der Waals surface area contributed by atoms with Gasteiger partial charge >= 0.3 is 0 Å². The number of nitrogens with one attached hydrogen (secondary N) is 2. The molecule has 1 unspecified atom stereocenters. The van der Waals surface area contributed by atoms with Crippen LogP contribution in [0.5, 0.6) is 0 Å². The number of unbranched alkanes of at least 4 members (excludes halogenated alkanes) is 8. The van der Waals surface area contributed by atoms with Gasteiger partial charge in [-0.3, -0.25) is 0 Å². The molecule has 0 aromatic heterocycles. The average Bonchev–Trinajstić information content (AvgIpc) is 2.42. The lowest BCUT2D eigenvalue weighted by atomic mass is 9.93. The zero-order valence-corrected chi connectivity index (χ0v) is 12.9. The first kappa shape index (κ1) is 18.3. The molecule has 0 aliphatic rings. The van der Waals surface area contributed by atoms with E-state index in [1.165, 1.54) is 70.4 Å². The smallest absolute Gasteiger partial charge is 0.00450 e. The van der Waals surface area contributed by atoms with Crippen molar-refractivity contribution in [3.63, 3.8) is 0 Å². The molecule has 0 saturated carbocycles. The Bertz CT molecular complexity index is 201. The van der Waals surface area contributed by atoms with Gasteiger partial charge in [0.05, 0.1) is 0 Å². The van der Waals surface area contributed by atoms with E-state index in [4.69, 9.17) is 10.8 Å². The Kier molecular flexibility index (Phi) is 14.9. The topological polar surface area (TPSA) is 47.7 Å². The second-order valence-corrected chi connectivity index (χ2v) is 5.70. The first-order valence-electron chi connectivity index (χ1n) is 8.33. The Balaban J connectivity index is 3.33. The van der Waals surface area contributed by atoms with Gasteiger partial charge in [-0.2, -0.15) is 0 Å². The van der Waals surface area contributed by atoms with Crippen LogP contribution in [-0.4, -0.2) is 12.4 Å². The average molecular weight is 266 g/mol. The van der Waals surface area contributed by atoms with Crippen molar-refractivity contribution in [3.05, 3.63) is 0 Å². The van der Waals surface area contributed by atoms with E-state index in [9.17, 15) is 0 Å². The van der Waals surface area contributed by atoms with Gasteiger partial charge in [-0.05, 0) is 37.6 Å². The lowest BCUT2D eigenvalue weighted by Gasteiger charge is -2.13. The Morgan fingerprint density at radius 2 is 1.32 bits per heavy atom. The summed E-state index contributed by atoms with van der Waals surface area (Å²) >= 11 is 0. The van der Waals surface area contributed by atoms with Crippen LogP contribution in [-0.2, 0) is 0 Å². The molecule has 0 aromatic carbocycles. The van der Waals surface area contributed by atoms with Gasteiger partial charge in [-0.25, -0.2) is 0 Å². The summed E-state index contributed by atoms with van der Waals surface area (Å²) < 4.78 is 0. The summed E-state index contributed by atoms with van der Waals surface area (Å²) in [7, 11) is 0. The normalized spacial score (nSPS) is 12.3. The van der Waals surface area contributed by atoms with Crippen LogP contribution in [0.3, 0.4) is 0 Å². The van der Waals surface area contributed by atoms with Gasteiger partial charge in [0.2, 0.25) is 0 Å². The molecule has 0 aliphatic carbocycles. The minimum atomic E-state index is 0.642. The first-order valence-corrected chi connectivity index (χ1v) is 8.33. The van der Waals surface area contributed by atoms with Gasteiger partial charge in [-0.15, -0.1) is 0 Å². The zero-order chi connectivity index (χ0) is 14.2. The van der Waals surface area contributed by atoms with Crippen LogP contribution in [0.4, 0.5) is 0 Å². The summed E-state index contributed by atoms with van der Waals surface area (Å²) in [5.74, 6) is 0.642. The van der Waals surface area contributed by atoms with Crippen LogP contribution in [0.15, 0.2) is 0 Å². The molecule has 0 aliphatic heterocycles. The van der Waals surface area contributed by atoms with Crippen molar-refractivity contribution >= 4 is 12.4 Å². The Morgan fingerprint density at radius 3 is 1.84 bits per heavy atom. The Labute approximate surface area is 120 Å². The van der Waals surface area contributed by atoms with E-state index >= 15 is 0 Å². The maximum Gasteiger partial charge on any atom is -0.00450 e. The quantitative estimate of drug-likeness (QED) is 0.270. The van der Waals surface area contributed by atoms with E-state index in [-0.39, 0.29) is 0 Å². The molecule has 0 amide bonds. The first-order chi connectivity index (χ1) is 9.35. The monoisotopic (exact) mass is 266 g/mol. The summed E-state index contributed by atoms with van der Waals surface area (Å²) in [4.78, 5) is 0. The summed E-state index contributed by atoms with van der Waals surface area (Å²) in [6.45, 7) is 2.27. The van der Waals surface area contributed by atoms with E-state index in [0.717, 1.165) is 19.3 Å². The third-order valence-electron chi connectivity index (χ3n) is 3.89. The van der Waals surface area contributed by atoms with E-state index in [0.29, 0.717) is 5.92 Å². The molecule has 0 radical (unpaired) electrons. The van der Waals surface area contributed by atoms with Crippen molar-refractivity contribution in [2.75, 3.05) is 0 Å². The Morgan fingerprint density at radius 1 is 0.737 bits per heavy atom. The lowest BCUT2D eigenvalue weighted by Crippen LogP contribution is -2.01. The van der Waals surface area contributed by atoms with Crippen LogP contribution in [0.2, 0.25) is 0 Å². The van der Waals surface area contributed by atoms with Crippen LogP contribution in [0.25, 0.3) is 0 Å².